The van der Waals surface area contributed by atoms with Gasteiger partial charge in [0.05, 0.1) is 12.0 Å². The third-order valence-electron chi connectivity index (χ3n) is 3.92. The molecule has 1 amide bonds. The van der Waals surface area contributed by atoms with Crippen LogP contribution in [0.4, 0.5) is 24.9 Å². The van der Waals surface area contributed by atoms with Crippen molar-refractivity contribution in [2.45, 2.75) is 25.1 Å². The van der Waals surface area contributed by atoms with E-state index in [-0.39, 0.29) is 23.7 Å². The van der Waals surface area contributed by atoms with Gasteiger partial charge in [-0.1, -0.05) is 0 Å². The van der Waals surface area contributed by atoms with Crippen LogP contribution in [0.25, 0.3) is 0 Å². The number of piperidine rings is 1. The Balaban J connectivity index is 1.96. The third-order valence-corrected chi connectivity index (χ3v) is 3.92. The lowest BCUT2D eigenvalue weighted by atomic mass is 9.91. The largest absolute Gasteiger partial charge is 0.433 e. The average Bonchev–Trinajstić information content (AvgIpc) is 2.79. The molecule has 9 heteroatoms. The molecule has 0 aromatic carbocycles. The first kappa shape index (κ1) is 13.9. The summed E-state index contributed by atoms with van der Waals surface area (Å²) in [5, 5.41) is 2.74. The number of alkyl halides is 3. The summed E-state index contributed by atoms with van der Waals surface area (Å²) in [4.78, 5) is 20.6. The van der Waals surface area contributed by atoms with E-state index < -0.39 is 17.8 Å². The Hall–Kier alpha value is -2.06. The van der Waals surface area contributed by atoms with Crippen molar-refractivity contribution in [3.8, 4) is 0 Å². The molecule has 2 aliphatic rings. The molecule has 1 aromatic heterocycles. The van der Waals surface area contributed by atoms with Crippen LogP contribution in [0.3, 0.4) is 0 Å². The predicted molar refractivity (Wildman–Crippen MR) is 68.3 cm³/mol. The van der Waals surface area contributed by atoms with Crippen molar-refractivity contribution in [2.75, 3.05) is 23.7 Å². The van der Waals surface area contributed by atoms with E-state index in [2.05, 4.69) is 15.3 Å². The highest BCUT2D eigenvalue weighted by atomic mass is 19.4. The number of amides is 1. The maximum Gasteiger partial charge on any atom is 0.433 e. The summed E-state index contributed by atoms with van der Waals surface area (Å²) >= 11 is 0. The average molecular weight is 301 g/mol. The normalized spacial score (nSPS) is 25.7. The number of fused-ring (bicyclic) bond motifs is 1. The van der Waals surface area contributed by atoms with Gasteiger partial charge in [-0.2, -0.15) is 18.2 Å². The predicted octanol–water partition coefficient (Wildman–Crippen LogP) is 0.792. The number of carbonyl (C=O) groups excluding carboxylic acids is 1. The molecule has 0 radical (unpaired) electrons. The number of anilines is 2. The lowest BCUT2D eigenvalue weighted by molar-refractivity contribution is -0.141. The zero-order valence-corrected chi connectivity index (χ0v) is 11.0. The number of hydrogen-bond donors (Lipinski definition) is 2. The van der Waals surface area contributed by atoms with Crippen LogP contribution >= 0.6 is 0 Å². The number of aromatic nitrogens is 2. The fourth-order valence-corrected chi connectivity index (χ4v) is 2.98. The van der Waals surface area contributed by atoms with Crippen LogP contribution in [0.2, 0.25) is 0 Å². The molecule has 0 saturated carbocycles. The molecule has 1 aromatic rings. The second-order valence-electron chi connectivity index (χ2n) is 5.22. The standard InChI is InChI=1S/C12H14F3N5O/c13-12(14,15)8-4-9(19-11(16)18-8)20-3-1-2-6-7(20)5-17-10(6)21/h4,6-7H,1-3,5H2,(H,17,21)(H2,16,18,19). The molecule has 3 heterocycles. The van der Waals surface area contributed by atoms with Gasteiger partial charge in [0.1, 0.15) is 5.82 Å². The minimum absolute atomic E-state index is 0.0530. The molecule has 0 spiro atoms. The number of halogens is 3. The Kier molecular flexibility index (Phi) is 3.14. The van der Waals surface area contributed by atoms with Crippen LogP contribution in [0.1, 0.15) is 18.5 Å². The molecule has 2 fully saturated rings. The minimum Gasteiger partial charge on any atom is -0.368 e. The van der Waals surface area contributed by atoms with E-state index in [0.29, 0.717) is 13.1 Å². The van der Waals surface area contributed by atoms with Gasteiger partial charge in [0.25, 0.3) is 0 Å². The molecule has 21 heavy (non-hydrogen) atoms. The number of hydrogen-bond acceptors (Lipinski definition) is 5. The number of rotatable bonds is 1. The van der Waals surface area contributed by atoms with Crippen LogP contribution < -0.4 is 16.0 Å². The summed E-state index contributed by atoms with van der Waals surface area (Å²) in [6.45, 7) is 0.957. The quantitative estimate of drug-likeness (QED) is 0.801. The first-order valence-electron chi connectivity index (χ1n) is 6.62. The lowest BCUT2D eigenvalue weighted by Crippen LogP contribution is -2.46. The van der Waals surface area contributed by atoms with E-state index in [1.54, 1.807) is 4.90 Å². The van der Waals surface area contributed by atoms with Crippen molar-refractivity contribution in [3.05, 3.63) is 11.8 Å². The summed E-state index contributed by atoms with van der Waals surface area (Å²) in [5.41, 5.74) is 4.33. The molecule has 2 atom stereocenters. The van der Waals surface area contributed by atoms with E-state index in [4.69, 9.17) is 5.73 Å². The van der Waals surface area contributed by atoms with E-state index in [0.717, 1.165) is 18.9 Å². The van der Waals surface area contributed by atoms with Crippen molar-refractivity contribution in [2.24, 2.45) is 5.92 Å². The van der Waals surface area contributed by atoms with E-state index >= 15 is 0 Å². The summed E-state index contributed by atoms with van der Waals surface area (Å²) in [6, 6.07) is 0.711. The van der Waals surface area contributed by atoms with Crippen LogP contribution in [0.5, 0.6) is 0 Å². The summed E-state index contributed by atoms with van der Waals surface area (Å²) < 4.78 is 38.4. The van der Waals surface area contributed by atoms with Gasteiger partial charge in [-0.3, -0.25) is 4.79 Å². The Morgan fingerprint density at radius 1 is 1.38 bits per heavy atom. The molecule has 0 bridgehead atoms. The van der Waals surface area contributed by atoms with Crippen LogP contribution in [-0.4, -0.2) is 35.0 Å². The summed E-state index contributed by atoms with van der Waals surface area (Å²) in [5.74, 6) is -0.549. The van der Waals surface area contributed by atoms with Crippen molar-refractivity contribution in [3.63, 3.8) is 0 Å². The highest BCUT2D eigenvalue weighted by molar-refractivity contribution is 5.83. The van der Waals surface area contributed by atoms with Gasteiger partial charge in [0, 0.05) is 19.2 Å². The molecule has 2 aliphatic heterocycles. The molecular formula is C12H14F3N5O. The molecular weight excluding hydrogens is 287 g/mol. The van der Waals surface area contributed by atoms with Crippen molar-refractivity contribution >= 4 is 17.7 Å². The van der Waals surface area contributed by atoms with Crippen molar-refractivity contribution in [1.82, 2.24) is 15.3 Å². The lowest BCUT2D eigenvalue weighted by Gasteiger charge is -2.36. The van der Waals surface area contributed by atoms with Gasteiger partial charge in [-0.25, -0.2) is 4.98 Å². The molecule has 2 saturated heterocycles. The summed E-state index contributed by atoms with van der Waals surface area (Å²) in [7, 11) is 0. The smallest absolute Gasteiger partial charge is 0.368 e. The van der Waals surface area contributed by atoms with E-state index in [1.807, 2.05) is 0 Å². The molecule has 2 unspecified atom stereocenters. The van der Waals surface area contributed by atoms with Crippen LogP contribution in [0.15, 0.2) is 6.07 Å². The Morgan fingerprint density at radius 3 is 2.86 bits per heavy atom. The SMILES string of the molecule is Nc1nc(N2CCCC3C(=O)NCC32)cc(C(F)(F)F)n1. The third kappa shape index (κ3) is 2.47. The molecule has 0 aliphatic carbocycles. The van der Waals surface area contributed by atoms with Gasteiger partial charge in [-0.05, 0) is 12.8 Å². The maximum absolute atomic E-state index is 12.8. The van der Waals surface area contributed by atoms with Gasteiger partial charge in [0.15, 0.2) is 5.69 Å². The van der Waals surface area contributed by atoms with Crippen LogP contribution in [-0.2, 0) is 11.0 Å². The fraction of sp³-hybridized carbons (Fsp3) is 0.583. The Bertz CT molecular complexity index is 577. The number of nitrogens with two attached hydrogens (primary N) is 1. The highest BCUT2D eigenvalue weighted by Crippen LogP contribution is 2.34. The maximum atomic E-state index is 12.8. The number of nitrogens with zero attached hydrogens (tertiary/aromatic N) is 3. The first-order chi connectivity index (χ1) is 9.86. The molecule has 6 nitrogen and oxygen atoms in total. The highest BCUT2D eigenvalue weighted by Gasteiger charge is 2.42. The Labute approximate surface area is 118 Å². The second kappa shape index (κ2) is 4.74. The zero-order chi connectivity index (χ0) is 15.2. The van der Waals surface area contributed by atoms with Gasteiger partial charge >= 0.3 is 6.18 Å². The van der Waals surface area contributed by atoms with Crippen molar-refractivity contribution in [1.29, 1.82) is 0 Å². The second-order valence-corrected chi connectivity index (χ2v) is 5.22. The van der Waals surface area contributed by atoms with Crippen LogP contribution in [0, 0.1) is 5.92 Å². The number of carbonyl (C=O) groups is 1. The van der Waals surface area contributed by atoms with Gasteiger partial charge < -0.3 is 16.0 Å². The topological polar surface area (TPSA) is 84.1 Å². The van der Waals surface area contributed by atoms with Gasteiger partial charge in [-0.15, -0.1) is 0 Å². The monoisotopic (exact) mass is 301 g/mol. The molecule has 3 rings (SSSR count). The fourth-order valence-electron chi connectivity index (χ4n) is 2.98. The molecule has 114 valence electrons. The first-order valence-corrected chi connectivity index (χ1v) is 6.62. The summed E-state index contributed by atoms with van der Waals surface area (Å²) in [6.07, 6.45) is -3.12. The zero-order valence-electron chi connectivity index (χ0n) is 11.0. The number of nitrogen functional groups attached to an aromatic ring is 1. The minimum atomic E-state index is -4.58. The molecule has 3 N–H and O–H groups in total. The van der Waals surface area contributed by atoms with E-state index in [9.17, 15) is 18.0 Å². The number of nitrogens with one attached hydrogen (secondary N) is 1. The van der Waals surface area contributed by atoms with E-state index in [1.165, 1.54) is 0 Å². The Morgan fingerprint density at radius 2 is 2.14 bits per heavy atom. The van der Waals surface area contributed by atoms with Crippen molar-refractivity contribution < 1.29 is 18.0 Å². The van der Waals surface area contributed by atoms with Gasteiger partial charge in [0.2, 0.25) is 11.9 Å².